The number of carbonyl (C=O) groups excluding carboxylic acids is 3. The number of hydrogen-bond donors (Lipinski definition) is 6. The van der Waals surface area contributed by atoms with Crippen molar-refractivity contribution in [3.8, 4) is 0 Å². The van der Waals surface area contributed by atoms with Crippen LogP contribution >= 0.6 is 11.8 Å². The van der Waals surface area contributed by atoms with Crippen LogP contribution in [0.4, 0.5) is 0 Å². The molecule has 1 fully saturated rings. The number of hydrogen-bond acceptors (Lipinski definition) is 8. The number of carboxylic acid groups (broad SMARTS) is 1. The highest BCUT2D eigenvalue weighted by atomic mass is 32.2. The van der Waals surface area contributed by atoms with Gasteiger partial charge in [0, 0.05) is 6.54 Å². The second-order valence-electron chi connectivity index (χ2n) is 7.51. The summed E-state index contributed by atoms with van der Waals surface area (Å²) < 4.78 is 0. The molecule has 0 aliphatic carbocycles. The number of thioether (sulfide) groups is 1. The number of aliphatic hydroxyl groups excluding tert-OH is 1. The summed E-state index contributed by atoms with van der Waals surface area (Å²) in [6, 6.07) is -3.89. The van der Waals surface area contributed by atoms with Crippen LogP contribution in [0.5, 0.6) is 0 Å². The molecule has 12 heteroatoms. The summed E-state index contributed by atoms with van der Waals surface area (Å²) in [5.41, 5.74) is 11.0. The zero-order valence-electron chi connectivity index (χ0n) is 17.9. The molecule has 0 bridgehead atoms. The van der Waals surface area contributed by atoms with Gasteiger partial charge in [0.2, 0.25) is 17.7 Å². The number of carboxylic acids is 1. The number of unbranched alkanes of at least 4 members (excludes halogenated alkanes) is 1. The van der Waals surface area contributed by atoms with E-state index in [9.17, 15) is 24.3 Å². The maximum atomic E-state index is 12.9. The molecule has 178 valence electrons. The number of likely N-dealkylation sites (tertiary alicyclic amines) is 1. The quantitative estimate of drug-likeness (QED) is 0.163. The summed E-state index contributed by atoms with van der Waals surface area (Å²) in [6.45, 7) is 0.251. The maximum absolute atomic E-state index is 12.9. The first-order valence-electron chi connectivity index (χ1n) is 10.5. The average molecular weight is 462 g/mol. The van der Waals surface area contributed by atoms with Crippen LogP contribution in [0.25, 0.3) is 0 Å². The van der Waals surface area contributed by atoms with Crippen LogP contribution in [0, 0.1) is 0 Å². The molecule has 31 heavy (non-hydrogen) atoms. The monoisotopic (exact) mass is 461 g/mol. The first kappa shape index (κ1) is 27.1. The van der Waals surface area contributed by atoms with E-state index >= 15 is 0 Å². The Bertz CT molecular complexity index is 623. The van der Waals surface area contributed by atoms with Crippen molar-refractivity contribution in [3.63, 3.8) is 0 Å². The molecule has 1 heterocycles. The molecule has 3 amide bonds. The summed E-state index contributed by atoms with van der Waals surface area (Å²) in [4.78, 5) is 50.8. The van der Waals surface area contributed by atoms with Crippen molar-refractivity contribution >= 4 is 35.5 Å². The zero-order valence-corrected chi connectivity index (χ0v) is 18.7. The Labute approximate surface area is 186 Å². The van der Waals surface area contributed by atoms with Crippen LogP contribution in [0.3, 0.4) is 0 Å². The molecule has 4 unspecified atom stereocenters. The van der Waals surface area contributed by atoms with Gasteiger partial charge < -0.3 is 37.2 Å². The molecule has 0 saturated carbocycles. The van der Waals surface area contributed by atoms with Crippen LogP contribution in [-0.2, 0) is 19.2 Å². The van der Waals surface area contributed by atoms with Gasteiger partial charge in [-0.25, -0.2) is 4.79 Å². The lowest BCUT2D eigenvalue weighted by Gasteiger charge is -2.28. The third-order valence-electron chi connectivity index (χ3n) is 5.16. The zero-order chi connectivity index (χ0) is 23.4. The molecule has 0 radical (unpaired) electrons. The number of amides is 3. The molecule has 4 atom stereocenters. The largest absolute Gasteiger partial charge is 0.480 e. The maximum Gasteiger partial charge on any atom is 0.326 e. The Morgan fingerprint density at radius 3 is 2.45 bits per heavy atom. The standard InChI is InChI=1S/C19H35N5O6S/c1-31-10-7-13(16(26)23-14(19(29)30)5-2-3-8-20)22-17(27)15-6-4-9-24(15)18(28)12(21)11-25/h12-15,25H,2-11,20-21H2,1H3,(H,22,27)(H,23,26)(H,29,30). The number of aliphatic hydroxyl groups is 1. The van der Waals surface area contributed by atoms with Crippen LogP contribution in [0.1, 0.15) is 38.5 Å². The summed E-state index contributed by atoms with van der Waals surface area (Å²) in [5, 5.41) is 23.7. The van der Waals surface area contributed by atoms with E-state index < -0.39 is 54.5 Å². The van der Waals surface area contributed by atoms with Crippen molar-refractivity contribution in [1.29, 1.82) is 0 Å². The molecule has 0 aromatic rings. The third kappa shape index (κ3) is 8.63. The van der Waals surface area contributed by atoms with E-state index in [0.29, 0.717) is 50.9 Å². The Morgan fingerprint density at radius 2 is 1.87 bits per heavy atom. The van der Waals surface area contributed by atoms with Crippen molar-refractivity contribution < 1.29 is 29.4 Å². The van der Waals surface area contributed by atoms with Gasteiger partial charge in [0.05, 0.1) is 6.61 Å². The van der Waals surface area contributed by atoms with E-state index in [1.807, 2.05) is 6.26 Å². The van der Waals surface area contributed by atoms with Crippen LogP contribution in [-0.4, -0.2) is 94.7 Å². The predicted molar refractivity (Wildman–Crippen MR) is 117 cm³/mol. The molecule has 8 N–H and O–H groups in total. The summed E-state index contributed by atoms with van der Waals surface area (Å²) >= 11 is 1.49. The van der Waals surface area contributed by atoms with E-state index in [0.717, 1.165) is 0 Å². The minimum Gasteiger partial charge on any atom is -0.480 e. The number of carbonyl (C=O) groups is 4. The molecule has 0 aromatic carbocycles. The Hall–Kier alpha value is -1.89. The Balaban J connectivity index is 2.83. The van der Waals surface area contributed by atoms with Crippen molar-refractivity contribution in [2.45, 2.75) is 62.7 Å². The van der Waals surface area contributed by atoms with E-state index in [4.69, 9.17) is 16.6 Å². The predicted octanol–water partition coefficient (Wildman–Crippen LogP) is -1.77. The number of aliphatic carboxylic acids is 1. The topological polar surface area (TPSA) is 188 Å². The lowest BCUT2D eigenvalue weighted by Crippen LogP contribution is -2.57. The van der Waals surface area contributed by atoms with Crippen molar-refractivity contribution in [1.82, 2.24) is 15.5 Å². The normalized spacial score (nSPS) is 18.8. The summed E-state index contributed by atoms with van der Waals surface area (Å²) in [7, 11) is 0. The molecular formula is C19H35N5O6S. The first-order valence-corrected chi connectivity index (χ1v) is 11.9. The van der Waals surface area contributed by atoms with Gasteiger partial charge in [-0.2, -0.15) is 11.8 Å². The van der Waals surface area contributed by atoms with Crippen molar-refractivity contribution in [2.24, 2.45) is 11.5 Å². The smallest absolute Gasteiger partial charge is 0.326 e. The SMILES string of the molecule is CSCCC(NC(=O)C1CCCN1C(=O)C(N)CO)C(=O)NC(CCCCN)C(=O)O. The molecule has 0 aromatic heterocycles. The van der Waals surface area contributed by atoms with Gasteiger partial charge in [0.15, 0.2) is 0 Å². The fourth-order valence-corrected chi connectivity index (χ4v) is 3.86. The van der Waals surface area contributed by atoms with Gasteiger partial charge in [-0.15, -0.1) is 0 Å². The van der Waals surface area contributed by atoms with E-state index in [-0.39, 0.29) is 6.42 Å². The van der Waals surface area contributed by atoms with Gasteiger partial charge in [-0.05, 0) is 57.1 Å². The highest BCUT2D eigenvalue weighted by Gasteiger charge is 2.37. The second-order valence-corrected chi connectivity index (χ2v) is 8.49. The molecule has 11 nitrogen and oxygen atoms in total. The van der Waals surface area contributed by atoms with Gasteiger partial charge in [0.1, 0.15) is 24.2 Å². The highest BCUT2D eigenvalue weighted by molar-refractivity contribution is 7.98. The summed E-state index contributed by atoms with van der Waals surface area (Å²) in [5.74, 6) is -2.16. The molecule has 1 aliphatic heterocycles. The molecule has 1 saturated heterocycles. The Morgan fingerprint density at radius 1 is 1.16 bits per heavy atom. The summed E-state index contributed by atoms with van der Waals surface area (Å²) in [6.07, 6.45) is 4.64. The molecule has 1 rings (SSSR count). The minimum atomic E-state index is -1.15. The number of nitrogens with one attached hydrogen (secondary N) is 2. The van der Waals surface area contributed by atoms with Crippen LogP contribution in [0.2, 0.25) is 0 Å². The average Bonchev–Trinajstić information content (AvgIpc) is 3.24. The lowest BCUT2D eigenvalue weighted by atomic mass is 10.1. The van der Waals surface area contributed by atoms with E-state index in [2.05, 4.69) is 10.6 Å². The second kappa shape index (κ2) is 14.2. The molecular weight excluding hydrogens is 426 g/mol. The fraction of sp³-hybridized carbons (Fsp3) is 0.789. The van der Waals surface area contributed by atoms with Gasteiger partial charge in [-0.1, -0.05) is 0 Å². The fourth-order valence-electron chi connectivity index (χ4n) is 3.39. The van der Waals surface area contributed by atoms with Gasteiger partial charge >= 0.3 is 5.97 Å². The molecule has 1 aliphatic rings. The van der Waals surface area contributed by atoms with Crippen LogP contribution < -0.4 is 22.1 Å². The van der Waals surface area contributed by atoms with Gasteiger partial charge in [-0.3, -0.25) is 14.4 Å². The minimum absolute atomic E-state index is 0.241. The van der Waals surface area contributed by atoms with Crippen molar-refractivity contribution in [2.75, 3.05) is 31.7 Å². The first-order chi connectivity index (χ1) is 14.8. The van der Waals surface area contributed by atoms with Crippen LogP contribution in [0.15, 0.2) is 0 Å². The van der Waals surface area contributed by atoms with Crippen molar-refractivity contribution in [3.05, 3.63) is 0 Å². The van der Waals surface area contributed by atoms with E-state index in [1.54, 1.807) is 0 Å². The number of nitrogens with zero attached hydrogens (tertiary/aromatic N) is 1. The highest BCUT2D eigenvalue weighted by Crippen LogP contribution is 2.19. The van der Waals surface area contributed by atoms with E-state index in [1.165, 1.54) is 16.7 Å². The lowest BCUT2D eigenvalue weighted by molar-refractivity contribution is -0.143. The van der Waals surface area contributed by atoms with Gasteiger partial charge in [0.25, 0.3) is 0 Å². The third-order valence-corrected chi connectivity index (χ3v) is 5.80. The molecule has 0 spiro atoms. The number of rotatable bonds is 14. The number of nitrogens with two attached hydrogens (primary N) is 2. The Kier molecular flexibility index (Phi) is 12.5.